The third-order valence-electron chi connectivity index (χ3n) is 5.68. The summed E-state index contributed by atoms with van der Waals surface area (Å²) in [6.07, 6.45) is 0.651. The SMILES string of the molecule is CC[C@H](Oc1cccc2ccccc12)C(=O)N[C@@H]1CC(C)(C)Oc2cc(OC)ccc21. The molecule has 1 aliphatic heterocycles. The summed E-state index contributed by atoms with van der Waals surface area (Å²) in [4.78, 5) is 13.2. The van der Waals surface area contributed by atoms with Gasteiger partial charge in [-0.25, -0.2) is 0 Å². The second-order valence-corrected chi connectivity index (χ2v) is 8.52. The van der Waals surface area contributed by atoms with Gasteiger partial charge in [-0.05, 0) is 43.9 Å². The van der Waals surface area contributed by atoms with Crippen molar-refractivity contribution in [1.82, 2.24) is 5.32 Å². The van der Waals surface area contributed by atoms with Crippen molar-refractivity contribution >= 4 is 16.7 Å². The van der Waals surface area contributed by atoms with Crippen LogP contribution in [-0.4, -0.2) is 24.7 Å². The highest BCUT2D eigenvalue weighted by Gasteiger charge is 2.36. The fraction of sp³-hybridized carbons (Fsp3) is 0.346. The highest BCUT2D eigenvalue weighted by Crippen LogP contribution is 2.41. The number of carbonyl (C=O) groups is 1. The molecule has 0 unspecified atom stereocenters. The Morgan fingerprint density at radius 2 is 1.94 bits per heavy atom. The molecule has 31 heavy (non-hydrogen) atoms. The lowest BCUT2D eigenvalue weighted by molar-refractivity contribution is -0.129. The van der Waals surface area contributed by atoms with Crippen LogP contribution in [0.25, 0.3) is 10.8 Å². The molecule has 0 saturated carbocycles. The quantitative estimate of drug-likeness (QED) is 0.579. The summed E-state index contributed by atoms with van der Waals surface area (Å²) in [6.45, 7) is 6.01. The maximum atomic E-state index is 13.2. The molecule has 0 aliphatic carbocycles. The number of hydrogen-bond acceptors (Lipinski definition) is 4. The van der Waals surface area contributed by atoms with Gasteiger partial charge >= 0.3 is 0 Å². The summed E-state index contributed by atoms with van der Waals surface area (Å²) < 4.78 is 17.7. The van der Waals surface area contributed by atoms with E-state index in [0.717, 1.165) is 33.6 Å². The first-order chi connectivity index (χ1) is 14.9. The average molecular weight is 420 g/mol. The van der Waals surface area contributed by atoms with Gasteiger partial charge in [0.25, 0.3) is 5.91 Å². The molecule has 1 amide bonds. The molecule has 3 aromatic carbocycles. The predicted molar refractivity (Wildman–Crippen MR) is 122 cm³/mol. The summed E-state index contributed by atoms with van der Waals surface area (Å²) in [7, 11) is 1.63. The summed E-state index contributed by atoms with van der Waals surface area (Å²) in [6, 6.07) is 19.5. The number of fused-ring (bicyclic) bond motifs is 2. The second kappa shape index (κ2) is 8.50. The van der Waals surface area contributed by atoms with E-state index in [1.807, 2.05) is 81.4 Å². The molecule has 0 fully saturated rings. The van der Waals surface area contributed by atoms with Crippen LogP contribution < -0.4 is 19.5 Å². The van der Waals surface area contributed by atoms with Gasteiger partial charge in [0.2, 0.25) is 0 Å². The number of carbonyl (C=O) groups excluding carboxylic acids is 1. The van der Waals surface area contributed by atoms with Crippen LogP contribution in [0.5, 0.6) is 17.2 Å². The minimum absolute atomic E-state index is 0.125. The number of methoxy groups -OCH3 is 1. The van der Waals surface area contributed by atoms with E-state index in [-0.39, 0.29) is 11.9 Å². The van der Waals surface area contributed by atoms with Gasteiger partial charge in [-0.15, -0.1) is 0 Å². The topological polar surface area (TPSA) is 56.8 Å². The van der Waals surface area contributed by atoms with E-state index in [1.54, 1.807) is 7.11 Å². The lowest BCUT2D eigenvalue weighted by Crippen LogP contribution is -2.45. The monoisotopic (exact) mass is 419 g/mol. The fourth-order valence-corrected chi connectivity index (χ4v) is 4.13. The van der Waals surface area contributed by atoms with Gasteiger partial charge < -0.3 is 19.5 Å². The van der Waals surface area contributed by atoms with Crippen LogP contribution >= 0.6 is 0 Å². The van der Waals surface area contributed by atoms with Crippen molar-refractivity contribution in [3.8, 4) is 17.2 Å². The molecule has 1 aliphatic rings. The lowest BCUT2D eigenvalue weighted by Gasteiger charge is -2.38. The molecule has 0 aromatic heterocycles. The first-order valence-corrected chi connectivity index (χ1v) is 10.7. The summed E-state index contributed by atoms with van der Waals surface area (Å²) in [5, 5.41) is 5.29. The summed E-state index contributed by atoms with van der Waals surface area (Å²) >= 11 is 0. The van der Waals surface area contributed by atoms with E-state index in [0.29, 0.717) is 12.8 Å². The number of amides is 1. The van der Waals surface area contributed by atoms with E-state index in [9.17, 15) is 4.79 Å². The van der Waals surface area contributed by atoms with Gasteiger partial charge in [-0.1, -0.05) is 43.3 Å². The van der Waals surface area contributed by atoms with Crippen molar-refractivity contribution in [2.75, 3.05) is 7.11 Å². The molecule has 5 nitrogen and oxygen atoms in total. The van der Waals surface area contributed by atoms with Crippen LogP contribution in [0.1, 0.15) is 45.2 Å². The second-order valence-electron chi connectivity index (χ2n) is 8.52. The molecule has 3 aromatic rings. The van der Waals surface area contributed by atoms with Crippen molar-refractivity contribution < 1.29 is 19.0 Å². The molecular formula is C26H29NO4. The van der Waals surface area contributed by atoms with E-state index >= 15 is 0 Å². The number of hydrogen-bond donors (Lipinski definition) is 1. The first kappa shape index (κ1) is 21.0. The molecule has 0 bridgehead atoms. The Morgan fingerprint density at radius 3 is 2.71 bits per heavy atom. The third-order valence-corrected chi connectivity index (χ3v) is 5.68. The largest absolute Gasteiger partial charge is 0.497 e. The maximum absolute atomic E-state index is 13.2. The molecular weight excluding hydrogens is 390 g/mol. The van der Waals surface area contributed by atoms with Crippen LogP contribution in [0.2, 0.25) is 0 Å². The summed E-state index contributed by atoms with van der Waals surface area (Å²) in [5.74, 6) is 2.06. The maximum Gasteiger partial charge on any atom is 0.261 e. The van der Waals surface area contributed by atoms with E-state index in [4.69, 9.17) is 14.2 Å². The third kappa shape index (κ3) is 4.46. The van der Waals surface area contributed by atoms with Crippen molar-refractivity contribution in [3.63, 3.8) is 0 Å². The molecule has 5 heteroatoms. The zero-order valence-corrected chi connectivity index (χ0v) is 18.5. The predicted octanol–water partition coefficient (Wildman–Crippen LogP) is 5.42. The first-order valence-electron chi connectivity index (χ1n) is 10.7. The molecule has 0 saturated heterocycles. The van der Waals surface area contributed by atoms with Gasteiger partial charge in [-0.3, -0.25) is 4.79 Å². The van der Waals surface area contributed by atoms with Crippen molar-refractivity contribution in [3.05, 3.63) is 66.2 Å². The normalized spacial score (nSPS) is 17.9. The fourth-order valence-electron chi connectivity index (χ4n) is 4.13. The molecule has 162 valence electrons. The van der Waals surface area contributed by atoms with Gasteiger partial charge in [-0.2, -0.15) is 0 Å². The van der Waals surface area contributed by atoms with Crippen molar-refractivity contribution in [2.24, 2.45) is 0 Å². The zero-order valence-electron chi connectivity index (χ0n) is 18.5. The number of ether oxygens (including phenoxy) is 3. The van der Waals surface area contributed by atoms with Gasteiger partial charge in [0.05, 0.1) is 13.2 Å². The van der Waals surface area contributed by atoms with Crippen LogP contribution in [0.3, 0.4) is 0 Å². The van der Waals surface area contributed by atoms with E-state index < -0.39 is 11.7 Å². The standard InChI is InChI=1S/C26H29NO4/c1-5-22(30-23-12-8-10-17-9-6-7-11-19(17)23)25(28)27-21-16-26(2,3)31-24-15-18(29-4)13-14-20(21)24/h6-15,21-22H,5,16H2,1-4H3,(H,27,28)/t21-,22+/m1/s1. The van der Waals surface area contributed by atoms with Gasteiger partial charge in [0.15, 0.2) is 6.10 Å². The van der Waals surface area contributed by atoms with Crippen molar-refractivity contribution in [2.45, 2.75) is 51.4 Å². The minimum Gasteiger partial charge on any atom is -0.497 e. The van der Waals surface area contributed by atoms with Gasteiger partial charge in [0.1, 0.15) is 22.8 Å². The van der Waals surface area contributed by atoms with Crippen molar-refractivity contribution in [1.29, 1.82) is 0 Å². The highest BCUT2D eigenvalue weighted by molar-refractivity contribution is 5.89. The Bertz CT molecular complexity index is 1090. The number of rotatable bonds is 6. The average Bonchev–Trinajstić information content (AvgIpc) is 2.76. The highest BCUT2D eigenvalue weighted by atomic mass is 16.5. The Hall–Kier alpha value is -3.21. The number of nitrogens with one attached hydrogen (secondary N) is 1. The molecule has 4 rings (SSSR count). The van der Waals surface area contributed by atoms with Crippen LogP contribution in [0.4, 0.5) is 0 Å². The zero-order chi connectivity index (χ0) is 22.0. The molecule has 1 heterocycles. The van der Waals surface area contributed by atoms with Crippen LogP contribution in [-0.2, 0) is 4.79 Å². The van der Waals surface area contributed by atoms with Crippen LogP contribution in [0, 0.1) is 0 Å². The van der Waals surface area contributed by atoms with E-state index in [2.05, 4.69) is 5.32 Å². The van der Waals surface area contributed by atoms with E-state index in [1.165, 1.54) is 0 Å². The lowest BCUT2D eigenvalue weighted by atomic mass is 9.89. The molecule has 0 spiro atoms. The number of benzene rings is 3. The van der Waals surface area contributed by atoms with Gasteiger partial charge in [0, 0.05) is 23.4 Å². The Labute approximate surface area is 183 Å². The minimum atomic E-state index is -0.585. The molecule has 0 radical (unpaired) electrons. The Morgan fingerprint density at radius 1 is 1.16 bits per heavy atom. The smallest absolute Gasteiger partial charge is 0.261 e. The molecule has 1 N–H and O–H groups in total. The Balaban J connectivity index is 1.56. The molecule has 2 atom stereocenters. The van der Waals surface area contributed by atoms with Crippen LogP contribution in [0.15, 0.2) is 60.7 Å². The Kier molecular flexibility index (Phi) is 5.77. The summed E-state index contributed by atoms with van der Waals surface area (Å²) in [5.41, 5.74) is 0.545.